The summed E-state index contributed by atoms with van der Waals surface area (Å²) in [5.41, 5.74) is 0. The molecule has 1 rings (SSSR count). The van der Waals surface area contributed by atoms with Crippen LogP contribution in [-0.2, 0) is 33.3 Å². The lowest BCUT2D eigenvalue weighted by Gasteiger charge is -2.23. The molecule has 1 saturated heterocycles. The van der Waals surface area contributed by atoms with Crippen molar-refractivity contribution in [3.05, 3.63) is 72.9 Å². The van der Waals surface area contributed by atoms with Gasteiger partial charge in [-0.25, -0.2) is 0 Å². The first-order valence-corrected chi connectivity index (χ1v) is 20.7. The maximum Gasteiger partial charge on any atom is 0.320 e. The van der Waals surface area contributed by atoms with E-state index in [-0.39, 0.29) is 26.0 Å². The predicted molar refractivity (Wildman–Crippen MR) is 219 cm³/mol. The summed E-state index contributed by atoms with van der Waals surface area (Å²) < 4.78 is 22.3. The molecule has 0 aliphatic carbocycles. The Balaban J connectivity index is 2.42. The first-order chi connectivity index (χ1) is 26.3. The van der Waals surface area contributed by atoms with Gasteiger partial charge in [-0.05, 0) is 91.1 Å². The average molecular weight is 756 g/mol. The van der Waals surface area contributed by atoms with Crippen LogP contribution in [0.4, 0.5) is 0 Å². The Labute approximate surface area is 327 Å². The second-order valence-corrected chi connectivity index (χ2v) is 14.1. The molecule has 0 aromatic rings. The number of unbranched alkanes of at least 4 members (excludes halogenated alkanes) is 10. The molecule has 9 heteroatoms. The van der Waals surface area contributed by atoms with Crippen LogP contribution in [0.5, 0.6) is 0 Å². The quantitative estimate of drug-likeness (QED) is 0.0310. The molecular weight excluding hydrogens is 682 g/mol. The van der Waals surface area contributed by atoms with Gasteiger partial charge in [0.05, 0.1) is 6.54 Å². The zero-order valence-corrected chi connectivity index (χ0v) is 34.0. The molecule has 0 amide bonds. The van der Waals surface area contributed by atoms with E-state index >= 15 is 0 Å². The van der Waals surface area contributed by atoms with Gasteiger partial charge in [0.1, 0.15) is 12.7 Å². The molecule has 0 bridgehead atoms. The molecule has 0 spiro atoms. The summed E-state index contributed by atoms with van der Waals surface area (Å²) in [6.45, 7) is 4.10. The second-order valence-electron chi connectivity index (χ2n) is 14.1. The number of aliphatic hydroxyl groups excluding tert-OH is 1. The van der Waals surface area contributed by atoms with E-state index in [1.807, 2.05) is 0 Å². The Morgan fingerprint density at radius 2 is 0.963 bits per heavy atom. The van der Waals surface area contributed by atoms with E-state index in [1.165, 1.54) is 0 Å². The Kier molecular flexibility index (Phi) is 30.9. The Hall–Kier alpha value is -3.27. The van der Waals surface area contributed by atoms with Crippen molar-refractivity contribution < 1.29 is 38.4 Å². The van der Waals surface area contributed by atoms with Gasteiger partial charge in [0.15, 0.2) is 18.5 Å². The molecule has 0 saturated carbocycles. The average Bonchev–Trinajstić information content (AvgIpc) is 3.42. The fourth-order valence-corrected chi connectivity index (χ4v) is 5.79. The molecule has 1 aliphatic heterocycles. The van der Waals surface area contributed by atoms with Gasteiger partial charge in [0.25, 0.3) is 0 Å². The van der Waals surface area contributed by atoms with Crippen LogP contribution in [0.15, 0.2) is 72.9 Å². The van der Waals surface area contributed by atoms with Gasteiger partial charge in [-0.2, -0.15) is 0 Å². The van der Waals surface area contributed by atoms with Crippen molar-refractivity contribution >= 4 is 17.9 Å². The fourth-order valence-electron chi connectivity index (χ4n) is 5.79. The lowest BCUT2D eigenvalue weighted by atomic mass is 10.1. The van der Waals surface area contributed by atoms with Gasteiger partial charge in [-0.3, -0.25) is 19.3 Å². The number of hydrogen-bond acceptors (Lipinski definition) is 9. The molecular formula is C45H73NO8. The molecule has 1 heterocycles. The number of allylic oxidation sites excluding steroid dienone is 12. The van der Waals surface area contributed by atoms with Crippen LogP contribution in [0, 0.1) is 0 Å². The maximum atomic E-state index is 12.9. The van der Waals surface area contributed by atoms with Crippen molar-refractivity contribution in [1.29, 1.82) is 0 Å². The van der Waals surface area contributed by atoms with Gasteiger partial charge >= 0.3 is 17.9 Å². The number of ether oxygens (including phenoxy) is 4. The number of carbonyl (C=O) groups is 3. The zero-order chi connectivity index (χ0) is 39.5. The van der Waals surface area contributed by atoms with Crippen LogP contribution in [0.1, 0.15) is 142 Å². The predicted octanol–water partition coefficient (Wildman–Crippen LogP) is 9.81. The van der Waals surface area contributed by atoms with Gasteiger partial charge in [-0.1, -0.05) is 125 Å². The Bertz CT molecular complexity index is 1150. The lowest BCUT2D eigenvalue weighted by molar-refractivity contribution is -0.177. The summed E-state index contributed by atoms with van der Waals surface area (Å²) in [7, 11) is 3.49. The van der Waals surface area contributed by atoms with Crippen molar-refractivity contribution in [3.63, 3.8) is 0 Å². The summed E-state index contributed by atoms with van der Waals surface area (Å²) >= 11 is 0. The number of aliphatic hydroxyl groups is 1. The molecule has 0 aromatic heterocycles. The first-order valence-electron chi connectivity index (χ1n) is 20.7. The third-order valence-corrected chi connectivity index (χ3v) is 8.74. The number of carbonyl (C=O) groups excluding carboxylic acids is 3. The topological polar surface area (TPSA) is 112 Å². The molecule has 1 N–H and O–H groups in total. The molecule has 1 aliphatic rings. The zero-order valence-electron chi connectivity index (χ0n) is 34.0. The summed E-state index contributed by atoms with van der Waals surface area (Å²) in [6, 6.07) is 0. The van der Waals surface area contributed by atoms with E-state index in [4.69, 9.17) is 18.9 Å². The Morgan fingerprint density at radius 1 is 0.556 bits per heavy atom. The van der Waals surface area contributed by atoms with E-state index in [0.717, 1.165) is 103 Å². The minimum Gasteiger partial charge on any atom is -0.462 e. The first kappa shape index (κ1) is 48.7. The fraction of sp³-hybridized carbons (Fsp3) is 0.667. The van der Waals surface area contributed by atoms with Gasteiger partial charge in [-0.15, -0.1) is 0 Å². The van der Waals surface area contributed by atoms with Crippen LogP contribution in [0.3, 0.4) is 0 Å². The highest BCUT2D eigenvalue weighted by atomic mass is 16.7. The van der Waals surface area contributed by atoms with E-state index in [1.54, 1.807) is 19.0 Å². The highest BCUT2D eigenvalue weighted by Crippen LogP contribution is 2.27. The molecule has 54 heavy (non-hydrogen) atoms. The third-order valence-electron chi connectivity index (χ3n) is 8.74. The molecule has 1 unspecified atom stereocenters. The number of hydrogen-bond donors (Lipinski definition) is 1. The number of esters is 3. The van der Waals surface area contributed by atoms with Gasteiger partial charge in [0.2, 0.25) is 0 Å². The Morgan fingerprint density at radius 3 is 1.43 bits per heavy atom. The maximum absolute atomic E-state index is 12.9. The van der Waals surface area contributed by atoms with Crippen molar-refractivity contribution in [2.24, 2.45) is 0 Å². The SMILES string of the molecule is CC/C=C\C/C=C\C/C=C\CCCCCCCC(=O)OC1[C@@H](COC(=O)CN(C)C)O[C@@H](O)[C@H]1OC(=O)CCCCCCC/C=C\C/C=C\C/C=C\CC. The summed E-state index contributed by atoms with van der Waals surface area (Å²) in [5, 5.41) is 10.7. The molecule has 306 valence electrons. The normalized spacial score (nSPS) is 19.2. The minimum atomic E-state index is -1.50. The van der Waals surface area contributed by atoms with Crippen LogP contribution < -0.4 is 0 Å². The van der Waals surface area contributed by atoms with Gasteiger partial charge in [0, 0.05) is 12.8 Å². The smallest absolute Gasteiger partial charge is 0.320 e. The van der Waals surface area contributed by atoms with Crippen molar-refractivity contribution in [2.45, 2.75) is 167 Å². The van der Waals surface area contributed by atoms with Crippen molar-refractivity contribution in [1.82, 2.24) is 4.90 Å². The molecule has 0 radical (unpaired) electrons. The molecule has 0 aromatic carbocycles. The highest BCUT2D eigenvalue weighted by Gasteiger charge is 2.49. The third kappa shape index (κ3) is 27.3. The van der Waals surface area contributed by atoms with E-state index in [9.17, 15) is 19.5 Å². The number of likely N-dealkylation sites (N-methyl/N-ethyl adjacent to an activating group) is 1. The minimum absolute atomic E-state index is 0.0642. The van der Waals surface area contributed by atoms with Gasteiger partial charge < -0.3 is 24.1 Å². The van der Waals surface area contributed by atoms with Crippen LogP contribution >= 0.6 is 0 Å². The summed E-state index contributed by atoms with van der Waals surface area (Å²) in [6.07, 6.45) is 39.7. The van der Waals surface area contributed by atoms with Crippen LogP contribution in [-0.4, -0.2) is 79.8 Å². The number of rotatable bonds is 32. The van der Waals surface area contributed by atoms with Crippen molar-refractivity contribution in [3.8, 4) is 0 Å². The lowest BCUT2D eigenvalue weighted by Crippen LogP contribution is -2.42. The van der Waals surface area contributed by atoms with E-state index < -0.39 is 42.5 Å². The summed E-state index contributed by atoms with van der Waals surface area (Å²) in [5.74, 6) is -1.43. The summed E-state index contributed by atoms with van der Waals surface area (Å²) in [4.78, 5) is 39.5. The highest BCUT2D eigenvalue weighted by molar-refractivity contribution is 5.72. The van der Waals surface area contributed by atoms with E-state index in [2.05, 4.69) is 86.8 Å². The second kappa shape index (κ2) is 34.2. The number of nitrogens with zero attached hydrogens (tertiary/aromatic N) is 1. The van der Waals surface area contributed by atoms with Crippen molar-refractivity contribution in [2.75, 3.05) is 27.2 Å². The largest absolute Gasteiger partial charge is 0.462 e. The van der Waals surface area contributed by atoms with E-state index in [0.29, 0.717) is 12.8 Å². The van der Waals surface area contributed by atoms with Crippen LogP contribution in [0.25, 0.3) is 0 Å². The monoisotopic (exact) mass is 756 g/mol. The van der Waals surface area contributed by atoms with Crippen LogP contribution in [0.2, 0.25) is 0 Å². The standard InChI is InChI=1S/C45H73NO8/c1-5-7-9-11-13-15-17-19-21-23-25-27-29-31-33-35-40(47)53-43-39(38-51-42(49)37-46(3)4)52-45(50)44(43)54-41(48)36-34-32-30-28-26-24-22-20-18-16-14-12-10-8-6-2/h7-10,13-16,19-22,39,43-45,50H,5-6,11-12,17-18,23-38H2,1-4H3/b9-7-,10-8-,15-13-,16-14-,21-19-,22-20-/t39-,43?,44+,45-/m1/s1. The molecule has 9 nitrogen and oxygen atoms in total. The molecule has 1 fully saturated rings. The molecule has 4 atom stereocenters.